The fourth-order valence-corrected chi connectivity index (χ4v) is 4.54. The topological polar surface area (TPSA) is 57.7 Å². The molecule has 0 saturated carbocycles. The number of hydrogen-bond donors (Lipinski definition) is 0. The van der Waals surface area contributed by atoms with Gasteiger partial charge in [0.25, 0.3) is 11.1 Å². The van der Waals surface area contributed by atoms with Crippen LogP contribution in [0.1, 0.15) is 16.7 Å². The van der Waals surface area contributed by atoms with Gasteiger partial charge in [0.15, 0.2) is 0 Å². The number of thioether (sulfide) groups is 1. The second-order valence-corrected chi connectivity index (χ2v) is 8.52. The van der Waals surface area contributed by atoms with Crippen LogP contribution in [0.2, 0.25) is 10.0 Å². The van der Waals surface area contributed by atoms with Crippen LogP contribution >= 0.6 is 35.0 Å². The molecule has 2 aromatic carbocycles. The van der Waals surface area contributed by atoms with Gasteiger partial charge in [-0.05, 0) is 47.0 Å². The zero-order valence-electron chi connectivity index (χ0n) is 15.2. The molecule has 3 amide bonds. The highest BCUT2D eigenvalue weighted by molar-refractivity contribution is 8.18. The lowest BCUT2D eigenvalue weighted by atomic mass is 10.00. The summed E-state index contributed by atoms with van der Waals surface area (Å²) < 4.78 is 0. The first-order valence-electron chi connectivity index (χ1n) is 8.98. The van der Waals surface area contributed by atoms with Crippen LogP contribution in [-0.2, 0) is 22.6 Å². The van der Waals surface area contributed by atoms with E-state index in [9.17, 15) is 14.4 Å². The van der Waals surface area contributed by atoms with E-state index in [1.165, 1.54) is 11.6 Å². The fourth-order valence-electron chi connectivity index (χ4n) is 3.35. The summed E-state index contributed by atoms with van der Waals surface area (Å²) in [4.78, 5) is 40.7. The average molecular weight is 447 g/mol. The number of amides is 3. The maximum Gasteiger partial charge on any atom is 0.294 e. The lowest BCUT2D eigenvalue weighted by Gasteiger charge is -2.29. The highest BCUT2D eigenvalue weighted by Gasteiger charge is 2.37. The molecule has 5 nitrogen and oxygen atoms in total. The van der Waals surface area contributed by atoms with Crippen molar-refractivity contribution in [2.45, 2.75) is 13.0 Å². The molecule has 2 aliphatic heterocycles. The largest absolute Gasteiger partial charge is 0.336 e. The van der Waals surface area contributed by atoms with Crippen LogP contribution < -0.4 is 0 Å². The van der Waals surface area contributed by atoms with Crippen molar-refractivity contribution in [1.82, 2.24) is 9.80 Å². The van der Waals surface area contributed by atoms with Gasteiger partial charge < -0.3 is 4.90 Å². The van der Waals surface area contributed by atoms with Crippen LogP contribution in [0.3, 0.4) is 0 Å². The molecule has 2 aliphatic rings. The van der Waals surface area contributed by atoms with E-state index in [-0.39, 0.29) is 17.4 Å². The van der Waals surface area contributed by atoms with Crippen molar-refractivity contribution >= 4 is 58.1 Å². The Morgan fingerprint density at radius 3 is 2.62 bits per heavy atom. The minimum Gasteiger partial charge on any atom is -0.336 e. The van der Waals surface area contributed by atoms with Crippen molar-refractivity contribution in [2.75, 3.05) is 13.1 Å². The smallest absolute Gasteiger partial charge is 0.294 e. The number of carbonyl (C=O) groups excluding carboxylic acids is 3. The van der Waals surface area contributed by atoms with Crippen molar-refractivity contribution in [2.24, 2.45) is 0 Å². The van der Waals surface area contributed by atoms with E-state index < -0.39 is 11.1 Å². The summed E-state index contributed by atoms with van der Waals surface area (Å²) in [6.45, 7) is 0.784. The molecule has 148 valence electrons. The molecule has 4 rings (SSSR count). The zero-order valence-corrected chi connectivity index (χ0v) is 17.6. The summed E-state index contributed by atoms with van der Waals surface area (Å²) in [5.74, 6) is -0.745. The number of nitrogens with zero attached hydrogens (tertiary/aromatic N) is 2. The number of benzene rings is 2. The number of halogens is 2. The minimum atomic E-state index is -0.498. The monoisotopic (exact) mass is 446 g/mol. The summed E-state index contributed by atoms with van der Waals surface area (Å²) in [5.41, 5.74) is 2.87. The number of hydrogen-bond acceptors (Lipinski definition) is 4. The standard InChI is InChI=1S/C21H16Cl2N2O3S/c22-16-7-3-6-14(19(16)23)10-17-20(27)25(21(28)29-17)12-18(26)24-9-8-13-4-1-2-5-15(13)11-24/h1-7,10H,8-9,11-12H2/b17-10+. The molecule has 0 aliphatic carbocycles. The second kappa shape index (κ2) is 8.22. The summed E-state index contributed by atoms with van der Waals surface area (Å²) in [5, 5.41) is 0.203. The van der Waals surface area contributed by atoms with Crippen LogP contribution in [0.15, 0.2) is 47.4 Å². The molecular weight excluding hydrogens is 431 g/mol. The summed E-state index contributed by atoms with van der Waals surface area (Å²) in [6, 6.07) is 13.0. The van der Waals surface area contributed by atoms with Gasteiger partial charge in [-0.1, -0.05) is 59.6 Å². The molecule has 0 spiro atoms. The highest BCUT2D eigenvalue weighted by Crippen LogP contribution is 2.35. The van der Waals surface area contributed by atoms with Crippen molar-refractivity contribution < 1.29 is 14.4 Å². The minimum absolute atomic E-state index is 0.218. The van der Waals surface area contributed by atoms with E-state index in [1.807, 2.05) is 18.2 Å². The van der Waals surface area contributed by atoms with E-state index in [0.29, 0.717) is 28.7 Å². The molecule has 0 N–H and O–H groups in total. The third-order valence-electron chi connectivity index (χ3n) is 4.92. The van der Waals surface area contributed by atoms with Crippen LogP contribution in [0.5, 0.6) is 0 Å². The molecule has 1 saturated heterocycles. The van der Waals surface area contributed by atoms with Gasteiger partial charge >= 0.3 is 0 Å². The maximum atomic E-state index is 12.7. The van der Waals surface area contributed by atoms with Crippen molar-refractivity contribution in [1.29, 1.82) is 0 Å². The van der Waals surface area contributed by atoms with Crippen LogP contribution in [0, 0.1) is 0 Å². The van der Waals surface area contributed by atoms with Gasteiger partial charge in [-0.2, -0.15) is 0 Å². The van der Waals surface area contributed by atoms with Crippen LogP contribution in [0.25, 0.3) is 6.08 Å². The number of rotatable bonds is 3. The van der Waals surface area contributed by atoms with E-state index in [4.69, 9.17) is 23.2 Å². The Morgan fingerprint density at radius 1 is 1.07 bits per heavy atom. The summed E-state index contributed by atoms with van der Waals surface area (Å²) >= 11 is 13.0. The second-order valence-electron chi connectivity index (χ2n) is 6.74. The highest BCUT2D eigenvalue weighted by atomic mass is 35.5. The quantitative estimate of drug-likeness (QED) is 0.645. The predicted molar refractivity (Wildman–Crippen MR) is 115 cm³/mol. The van der Waals surface area contributed by atoms with Gasteiger partial charge in [-0.25, -0.2) is 0 Å². The first-order valence-corrected chi connectivity index (χ1v) is 10.5. The molecule has 8 heteroatoms. The molecule has 0 bridgehead atoms. The molecule has 0 radical (unpaired) electrons. The van der Waals surface area contributed by atoms with E-state index >= 15 is 0 Å². The number of fused-ring (bicyclic) bond motifs is 1. The molecule has 0 aromatic heterocycles. The molecule has 2 aromatic rings. The molecule has 0 atom stereocenters. The molecule has 0 unspecified atom stereocenters. The van der Waals surface area contributed by atoms with Gasteiger partial charge in [0, 0.05) is 13.1 Å². The summed E-state index contributed by atoms with van der Waals surface area (Å²) in [7, 11) is 0. The van der Waals surface area contributed by atoms with Crippen molar-refractivity contribution in [3.05, 3.63) is 74.1 Å². The number of carbonyl (C=O) groups is 3. The van der Waals surface area contributed by atoms with Crippen molar-refractivity contribution in [3.8, 4) is 0 Å². The first kappa shape index (κ1) is 20.0. The predicted octanol–water partition coefficient (Wildman–Crippen LogP) is 4.61. The summed E-state index contributed by atoms with van der Waals surface area (Å²) in [6.07, 6.45) is 2.29. The molecule has 1 fully saturated rings. The van der Waals surface area contributed by atoms with E-state index in [2.05, 4.69) is 6.07 Å². The van der Waals surface area contributed by atoms with Crippen LogP contribution in [0.4, 0.5) is 4.79 Å². The van der Waals surface area contributed by atoms with Crippen LogP contribution in [-0.4, -0.2) is 39.9 Å². The third-order valence-corrected chi connectivity index (χ3v) is 6.66. The Hall–Kier alpha value is -2.28. The maximum absolute atomic E-state index is 12.7. The van der Waals surface area contributed by atoms with Gasteiger partial charge in [0.05, 0.1) is 15.0 Å². The Bertz CT molecular complexity index is 1050. The normalized spacial score (nSPS) is 17.8. The fraction of sp³-hybridized carbons (Fsp3) is 0.190. The first-order chi connectivity index (χ1) is 13.9. The third kappa shape index (κ3) is 4.06. The van der Waals surface area contributed by atoms with Gasteiger partial charge in [-0.3, -0.25) is 19.3 Å². The molecule has 29 heavy (non-hydrogen) atoms. The Morgan fingerprint density at radius 2 is 1.83 bits per heavy atom. The van der Waals surface area contributed by atoms with E-state index in [1.54, 1.807) is 23.1 Å². The van der Waals surface area contributed by atoms with Gasteiger partial charge in [0.1, 0.15) is 6.54 Å². The lowest BCUT2D eigenvalue weighted by Crippen LogP contribution is -2.44. The zero-order chi connectivity index (χ0) is 20.5. The van der Waals surface area contributed by atoms with Gasteiger partial charge in [0.2, 0.25) is 5.91 Å². The number of imide groups is 1. The Balaban J connectivity index is 1.48. The Kier molecular flexibility index (Phi) is 5.67. The average Bonchev–Trinajstić information content (AvgIpc) is 2.98. The SMILES string of the molecule is O=C(CN1C(=O)S/C(=C/c2cccc(Cl)c2Cl)C1=O)N1CCc2ccccc2C1. The Labute approximate surface area is 182 Å². The van der Waals surface area contributed by atoms with E-state index in [0.717, 1.165) is 28.6 Å². The lowest BCUT2D eigenvalue weighted by molar-refractivity contribution is -0.136. The molecular formula is C21H16Cl2N2O3S. The molecule has 2 heterocycles. The van der Waals surface area contributed by atoms with Gasteiger partial charge in [-0.15, -0.1) is 0 Å². The van der Waals surface area contributed by atoms with Crippen molar-refractivity contribution in [3.63, 3.8) is 0 Å².